The molecular weight excluding hydrogens is 374 g/mol. The van der Waals surface area contributed by atoms with E-state index in [4.69, 9.17) is 18.9 Å². The topological polar surface area (TPSA) is 91.8 Å². The second-order valence-electron chi connectivity index (χ2n) is 6.20. The molecule has 0 unspecified atom stereocenters. The van der Waals surface area contributed by atoms with E-state index >= 15 is 0 Å². The third-order valence-electron chi connectivity index (χ3n) is 4.29. The molecule has 1 aromatic heterocycles. The highest BCUT2D eigenvalue weighted by Crippen LogP contribution is 2.35. The summed E-state index contributed by atoms with van der Waals surface area (Å²) in [6.45, 7) is 0.349. The van der Waals surface area contributed by atoms with Gasteiger partial charge >= 0.3 is 0 Å². The van der Waals surface area contributed by atoms with E-state index < -0.39 is 0 Å². The average molecular weight is 393 g/mol. The highest BCUT2D eigenvalue weighted by Gasteiger charge is 2.14. The van der Waals surface area contributed by atoms with Crippen molar-refractivity contribution in [3.8, 4) is 34.3 Å². The fourth-order valence-corrected chi connectivity index (χ4v) is 2.77. The molecule has 1 aliphatic rings. The number of hydrogen-bond donors (Lipinski definition) is 1. The first-order chi connectivity index (χ1) is 14.2. The van der Waals surface area contributed by atoms with Crippen LogP contribution in [-0.2, 0) is 11.3 Å². The van der Waals surface area contributed by atoms with Gasteiger partial charge in [0, 0.05) is 11.6 Å². The van der Waals surface area contributed by atoms with E-state index in [-0.39, 0.29) is 25.9 Å². The Labute approximate surface area is 167 Å². The molecule has 4 rings (SSSR count). The molecule has 0 atom stereocenters. The van der Waals surface area contributed by atoms with Gasteiger partial charge in [-0.15, -0.1) is 0 Å². The van der Waals surface area contributed by atoms with Crippen LogP contribution < -0.4 is 24.3 Å². The van der Waals surface area contributed by atoms with Gasteiger partial charge in [-0.2, -0.15) is 0 Å². The second kappa shape index (κ2) is 8.47. The number of nitrogens with zero attached hydrogens (tertiary/aromatic N) is 2. The molecule has 8 heteroatoms. The predicted molar refractivity (Wildman–Crippen MR) is 104 cm³/mol. The summed E-state index contributed by atoms with van der Waals surface area (Å²) in [5.74, 6) is 2.33. The van der Waals surface area contributed by atoms with Crippen molar-refractivity contribution in [3.63, 3.8) is 0 Å². The third kappa shape index (κ3) is 4.55. The normalized spacial score (nSPS) is 11.8. The number of carbonyl (C=O) groups is 1. The minimum Gasteiger partial charge on any atom is -0.497 e. The molecule has 148 valence electrons. The van der Waals surface area contributed by atoms with Crippen LogP contribution in [0.4, 0.5) is 0 Å². The monoisotopic (exact) mass is 393 g/mol. The van der Waals surface area contributed by atoms with E-state index in [1.807, 2.05) is 30.3 Å². The molecule has 0 saturated heterocycles. The Kier molecular flexibility index (Phi) is 5.42. The summed E-state index contributed by atoms with van der Waals surface area (Å²) in [7, 11) is 1.62. The standard InChI is InChI=1S/C21H19N3O5/c1-26-16-4-2-14(3-5-16)18-8-15(23-12-24-18)10-22-21(25)11-27-17-6-7-19-20(9-17)29-13-28-19/h2-9,12H,10-11,13H2,1H3,(H,22,25). The molecule has 1 aliphatic heterocycles. The number of ether oxygens (including phenoxy) is 4. The second-order valence-corrected chi connectivity index (χ2v) is 6.20. The zero-order valence-electron chi connectivity index (χ0n) is 15.8. The molecule has 0 fully saturated rings. The first-order valence-electron chi connectivity index (χ1n) is 8.96. The Morgan fingerprint density at radius 3 is 2.66 bits per heavy atom. The van der Waals surface area contributed by atoms with Gasteiger partial charge in [0.05, 0.1) is 25.0 Å². The fourth-order valence-electron chi connectivity index (χ4n) is 2.77. The van der Waals surface area contributed by atoms with E-state index in [2.05, 4.69) is 15.3 Å². The van der Waals surface area contributed by atoms with Crippen LogP contribution in [0.1, 0.15) is 5.69 Å². The van der Waals surface area contributed by atoms with E-state index in [1.54, 1.807) is 25.3 Å². The van der Waals surface area contributed by atoms with Gasteiger partial charge in [0.15, 0.2) is 18.1 Å². The van der Waals surface area contributed by atoms with Crippen LogP contribution in [0.2, 0.25) is 0 Å². The smallest absolute Gasteiger partial charge is 0.258 e. The summed E-state index contributed by atoms with van der Waals surface area (Å²) in [4.78, 5) is 20.6. The minimum absolute atomic E-state index is 0.115. The SMILES string of the molecule is COc1ccc(-c2cc(CNC(=O)COc3ccc4c(c3)OCO4)ncn2)cc1. The van der Waals surface area contributed by atoms with Crippen molar-refractivity contribution in [2.45, 2.75) is 6.54 Å². The van der Waals surface area contributed by atoms with Crippen LogP contribution in [0.25, 0.3) is 11.3 Å². The molecule has 0 saturated carbocycles. The van der Waals surface area contributed by atoms with E-state index in [9.17, 15) is 4.79 Å². The third-order valence-corrected chi connectivity index (χ3v) is 4.29. The maximum Gasteiger partial charge on any atom is 0.258 e. The number of rotatable bonds is 7. The number of hydrogen-bond acceptors (Lipinski definition) is 7. The van der Waals surface area contributed by atoms with Crippen LogP contribution in [0.15, 0.2) is 54.9 Å². The van der Waals surface area contributed by atoms with Gasteiger partial charge in [-0.3, -0.25) is 4.79 Å². The number of aromatic nitrogens is 2. The maximum absolute atomic E-state index is 12.1. The van der Waals surface area contributed by atoms with E-state index in [1.165, 1.54) is 6.33 Å². The number of nitrogens with one attached hydrogen (secondary N) is 1. The predicted octanol–water partition coefficient (Wildman–Crippen LogP) is 2.58. The lowest BCUT2D eigenvalue weighted by molar-refractivity contribution is -0.123. The van der Waals surface area contributed by atoms with Crippen LogP contribution in [0, 0.1) is 0 Å². The molecule has 0 radical (unpaired) electrons. The molecule has 0 aliphatic carbocycles. The first-order valence-corrected chi connectivity index (χ1v) is 8.96. The summed E-state index contributed by atoms with van der Waals surface area (Å²) < 4.78 is 21.2. The largest absolute Gasteiger partial charge is 0.497 e. The maximum atomic E-state index is 12.1. The zero-order chi connectivity index (χ0) is 20.1. The molecule has 1 amide bonds. The van der Waals surface area contributed by atoms with Crippen molar-refractivity contribution in [1.29, 1.82) is 0 Å². The first kappa shape index (κ1) is 18.5. The number of benzene rings is 2. The van der Waals surface area contributed by atoms with Gasteiger partial charge in [-0.25, -0.2) is 9.97 Å². The lowest BCUT2D eigenvalue weighted by Gasteiger charge is -2.09. The average Bonchev–Trinajstić information content (AvgIpc) is 3.24. The molecule has 2 heterocycles. The molecule has 0 spiro atoms. The fraction of sp³-hybridized carbons (Fsp3) is 0.190. The van der Waals surface area contributed by atoms with Crippen LogP contribution in [0.5, 0.6) is 23.0 Å². The Balaban J connectivity index is 1.31. The summed E-state index contributed by atoms with van der Waals surface area (Å²) in [5, 5.41) is 2.79. The zero-order valence-corrected chi connectivity index (χ0v) is 15.8. The number of carbonyl (C=O) groups excluding carboxylic acids is 1. The number of fused-ring (bicyclic) bond motifs is 1. The molecule has 0 bridgehead atoms. The highest BCUT2D eigenvalue weighted by molar-refractivity contribution is 5.77. The van der Waals surface area contributed by atoms with Crippen LogP contribution in [0.3, 0.4) is 0 Å². The van der Waals surface area contributed by atoms with Crippen LogP contribution >= 0.6 is 0 Å². The van der Waals surface area contributed by atoms with Gasteiger partial charge < -0.3 is 24.3 Å². The summed E-state index contributed by atoms with van der Waals surface area (Å²) in [6, 6.07) is 14.6. The van der Waals surface area contributed by atoms with Crippen molar-refractivity contribution in [2.75, 3.05) is 20.5 Å². The van der Waals surface area contributed by atoms with Crippen molar-refractivity contribution >= 4 is 5.91 Å². The van der Waals surface area contributed by atoms with E-state index in [0.717, 1.165) is 17.0 Å². The van der Waals surface area contributed by atoms with Crippen molar-refractivity contribution in [2.24, 2.45) is 0 Å². The Morgan fingerprint density at radius 1 is 1.03 bits per heavy atom. The molecule has 2 aromatic carbocycles. The quantitative estimate of drug-likeness (QED) is 0.660. The molecule has 1 N–H and O–H groups in total. The van der Waals surface area contributed by atoms with Crippen LogP contribution in [-0.4, -0.2) is 36.4 Å². The van der Waals surface area contributed by atoms with Gasteiger partial charge in [0.2, 0.25) is 6.79 Å². The molecular formula is C21H19N3O5. The summed E-state index contributed by atoms with van der Waals surface area (Å²) in [6.07, 6.45) is 1.48. The molecule has 29 heavy (non-hydrogen) atoms. The number of amides is 1. The van der Waals surface area contributed by atoms with Crippen molar-refractivity contribution in [1.82, 2.24) is 15.3 Å². The molecule has 3 aromatic rings. The lowest BCUT2D eigenvalue weighted by Crippen LogP contribution is -2.28. The lowest BCUT2D eigenvalue weighted by atomic mass is 10.1. The number of methoxy groups -OCH3 is 1. The highest BCUT2D eigenvalue weighted by atomic mass is 16.7. The van der Waals surface area contributed by atoms with Gasteiger partial charge in [0.25, 0.3) is 5.91 Å². The Hall–Kier alpha value is -3.81. The molecule has 8 nitrogen and oxygen atoms in total. The van der Waals surface area contributed by atoms with Crippen molar-refractivity contribution < 1.29 is 23.7 Å². The Bertz CT molecular complexity index is 1010. The van der Waals surface area contributed by atoms with Gasteiger partial charge in [-0.05, 0) is 42.5 Å². The van der Waals surface area contributed by atoms with Gasteiger partial charge in [-0.1, -0.05) is 0 Å². The van der Waals surface area contributed by atoms with Gasteiger partial charge in [0.1, 0.15) is 17.8 Å². The van der Waals surface area contributed by atoms with E-state index in [0.29, 0.717) is 22.9 Å². The summed E-state index contributed by atoms with van der Waals surface area (Å²) in [5.41, 5.74) is 2.40. The Morgan fingerprint density at radius 2 is 1.83 bits per heavy atom. The summed E-state index contributed by atoms with van der Waals surface area (Å²) >= 11 is 0. The van der Waals surface area contributed by atoms with Crippen molar-refractivity contribution in [3.05, 3.63) is 60.6 Å². The minimum atomic E-state index is -0.257.